The Balaban J connectivity index is 1.30. The number of anilines is 1. The lowest BCUT2D eigenvalue weighted by Crippen LogP contribution is -2.49. The fraction of sp³-hybridized carbons (Fsp3) is 0.273. The van der Waals surface area contributed by atoms with Crippen molar-refractivity contribution in [2.24, 2.45) is 0 Å². The number of hydrogen-bond acceptors (Lipinski definition) is 5. The third kappa shape index (κ3) is 3.25. The molecule has 1 fully saturated rings. The number of aromatic nitrogens is 2. The quantitative estimate of drug-likeness (QED) is 0.719. The number of H-pyrrole nitrogens is 1. The third-order valence-corrected chi connectivity index (χ3v) is 6.70. The number of hydrogen-bond donors (Lipinski definition) is 1. The number of carbonyl (C=O) groups is 1. The van der Waals surface area contributed by atoms with E-state index < -0.39 is 0 Å². The van der Waals surface area contributed by atoms with Crippen LogP contribution >= 0.6 is 11.8 Å². The van der Waals surface area contributed by atoms with Gasteiger partial charge in [-0.1, -0.05) is 18.2 Å². The molecular weight excluding hydrogens is 384 g/mol. The fourth-order valence-electron chi connectivity index (χ4n) is 3.96. The molecule has 5 rings (SSSR count). The van der Waals surface area contributed by atoms with Crippen LogP contribution < -0.4 is 9.64 Å². The summed E-state index contributed by atoms with van der Waals surface area (Å²) in [4.78, 5) is 18.6. The zero-order valence-corrected chi connectivity index (χ0v) is 17.0. The highest BCUT2D eigenvalue weighted by molar-refractivity contribution is 7.98. The second kappa shape index (κ2) is 7.48. The minimum Gasteiger partial charge on any atom is -0.497 e. The first-order chi connectivity index (χ1) is 14.2. The molecule has 148 valence electrons. The number of thioether (sulfide) groups is 1. The van der Waals surface area contributed by atoms with Crippen molar-refractivity contribution in [3.8, 4) is 17.0 Å². The number of piperazine rings is 1. The smallest absolute Gasteiger partial charge is 0.272 e. The summed E-state index contributed by atoms with van der Waals surface area (Å²) in [6, 6.07) is 16.3. The molecule has 0 spiro atoms. The van der Waals surface area contributed by atoms with Crippen molar-refractivity contribution in [2.75, 3.05) is 38.2 Å². The molecule has 0 bridgehead atoms. The van der Waals surface area contributed by atoms with Crippen LogP contribution in [0.2, 0.25) is 0 Å². The summed E-state index contributed by atoms with van der Waals surface area (Å²) in [5, 5.41) is 7.51. The number of rotatable bonds is 3. The minimum atomic E-state index is 0.0492. The van der Waals surface area contributed by atoms with Crippen LogP contribution in [-0.2, 0) is 5.75 Å². The molecule has 2 aliphatic rings. The summed E-state index contributed by atoms with van der Waals surface area (Å²) in [6.45, 7) is 3.02. The van der Waals surface area contributed by atoms with Gasteiger partial charge in [-0.05, 0) is 30.3 Å². The summed E-state index contributed by atoms with van der Waals surface area (Å²) in [5.74, 6) is 1.68. The molecule has 0 saturated carbocycles. The second-order valence-corrected chi connectivity index (χ2v) is 8.21. The summed E-state index contributed by atoms with van der Waals surface area (Å²) in [7, 11) is 1.67. The van der Waals surface area contributed by atoms with Crippen LogP contribution in [0.25, 0.3) is 11.3 Å². The van der Waals surface area contributed by atoms with Gasteiger partial charge in [0.15, 0.2) is 0 Å². The second-order valence-electron chi connectivity index (χ2n) is 7.19. The fourth-order valence-corrected chi connectivity index (χ4v) is 5.04. The molecule has 7 heteroatoms. The van der Waals surface area contributed by atoms with Crippen molar-refractivity contribution in [3.05, 3.63) is 59.8 Å². The van der Waals surface area contributed by atoms with Crippen LogP contribution in [0.4, 0.5) is 5.69 Å². The number of nitrogens with zero attached hydrogens (tertiary/aromatic N) is 3. The summed E-state index contributed by atoms with van der Waals surface area (Å²) < 4.78 is 5.23. The monoisotopic (exact) mass is 406 g/mol. The summed E-state index contributed by atoms with van der Waals surface area (Å²) >= 11 is 1.77. The van der Waals surface area contributed by atoms with E-state index in [1.54, 1.807) is 18.9 Å². The van der Waals surface area contributed by atoms with Crippen molar-refractivity contribution in [1.82, 2.24) is 15.1 Å². The highest BCUT2D eigenvalue weighted by atomic mass is 32.2. The first-order valence-electron chi connectivity index (χ1n) is 9.72. The molecule has 0 aliphatic carbocycles. The van der Waals surface area contributed by atoms with Crippen molar-refractivity contribution < 1.29 is 9.53 Å². The van der Waals surface area contributed by atoms with E-state index in [2.05, 4.69) is 39.4 Å². The van der Waals surface area contributed by atoms with Gasteiger partial charge in [-0.15, -0.1) is 11.8 Å². The Labute approximate surface area is 173 Å². The van der Waals surface area contributed by atoms with Gasteiger partial charge in [-0.2, -0.15) is 5.10 Å². The number of aromatic amines is 1. The molecule has 3 aromatic rings. The topological polar surface area (TPSA) is 61.5 Å². The minimum absolute atomic E-state index is 0.0492. The first-order valence-corrected chi connectivity index (χ1v) is 10.7. The lowest BCUT2D eigenvalue weighted by atomic mass is 10.1. The van der Waals surface area contributed by atoms with E-state index in [0.29, 0.717) is 18.8 Å². The van der Waals surface area contributed by atoms with Crippen molar-refractivity contribution in [2.45, 2.75) is 10.6 Å². The highest BCUT2D eigenvalue weighted by Crippen LogP contribution is 2.41. The van der Waals surface area contributed by atoms with Crippen molar-refractivity contribution in [3.63, 3.8) is 0 Å². The van der Waals surface area contributed by atoms with Gasteiger partial charge in [-0.25, -0.2) is 0 Å². The molecule has 1 N–H and O–H groups in total. The van der Waals surface area contributed by atoms with Crippen LogP contribution in [0.15, 0.2) is 53.4 Å². The SMILES string of the molecule is COc1ccc(N2CCN(C(=O)c3[nH]nc4c3CSc3ccccc3-4)CC2)cc1. The predicted octanol–water partition coefficient (Wildman–Crippen LogP) is 3.65. The standard InChI is InChI=1S/C22H22N4O2S/c1-28-16-8-6-15(7-9-16)25-10-12-26(13-11-25)22(27)21-18-14-29-19-5-3-2-4-17(19)20(18)23-24-21/h2-9H,10-14H2,1H3,(H,23,24). The van der Waals surface area contributed by atoms with E-state index in [-0.39, 0.29) is 5.91 Å². The molecule has 0 unspecified atom stereocenters. The number of fused-ring (bicyclic) bond motifs is 3. The van der Waals surface area contributed by atoms with E-state index in [1.807, 2.05) is 29.2 Å². The van der Waals surface area contributed by atoms with Crippen LogP contribution in [0.3, 0.4) is 0 Å². The number of carbonyl (C=O) groups excluding carboxylic acids is 1. The molecule has 6 nitrogen and oxygen atoms in total. The molecular formula is C22H22N4O2S. The Morgan fingerprint density at radius 1 is 1.07 bits per heavy atom. The zero-order chi connectivity index (χ0) is 19.8. The maximum atomic E-state index is 13.2. The van der Waals surface area contributed by atoms with Gasteiger partial charge in [0, 0.05) is 53.6 Å². The normalized spacial score (nSPS) is 15.6. The predicted molar refractivity (Wildman–Crippen MR) is 115 cm³/mol. The van der Waals surface area contributed by atoms with Crippen molar-refractivity contribution >= 4 is 23.4 Å². The maximum absolute atomic E-state index is 13.2. The molecule has 1 saturated heterocycles. The molecule has 29 heavy (non-hydrogen) atoms. The van der Waals surface area contributed by atoms with Gasteiger partial charge < -0.3 is 14.5 Å². The summed E-state index contributed by atoms with van der Waals surface area (Å²) in [5.41, 5.74) is 4.85. The molecule has 0 atom stereocenters. The van der Waals surface area contributed by atoms with Crippen LogP contribution in [0.5, 0.6) is 5.75 Å². The van der Waals surface area contributed by atoms with Crippen LogP contribution in [0.1, 0.15) is 16.1 Å². The lowest BCUT2D eigenvalue weighted by molar-refractivity contribution is 0.0740. The average molecular weight is 407 g/mol. The van der Waals surface area contributed by atoms with E-state index >= 15 is 0 Å². The lowest BCUT2D eigenvalue weighted by Gasteiger charge is -2.36. The Kier molecular flexibility index (Phi) is 4.67. The maximum Gasteiger partial charge on any atom is 0.272 e. The number of amides is 1. The number of benzene rings is 2. The van der Waals surface area contributed by atoms with Gasteiger partial charge in [-0.3, -0.25) is 9.89 Å². The van der Waals surface area contributed by atoms with Gasteiger partial charge >= 0.3 is 0 Å². The average Bonchev–Trinajstić information content (AvgIpc) is 3.23. The van der Waals surface area contributed by atoms with E-state index in [1.165, 1.54) is 4.90 Å². The third-order valence-electron chi connectivity index (χ3n) is 5.60. The molecule has 0 radical (unpaired) electrons. The van der Waals surface area contributed by atoms with Gasteiger partial charge in [0.05, 0.1) is 12.8 Å². The summed E-state index contributed by atoms with van der Waals surface area (Å²) in [6.07, 6.45) is 0. The van der Waals surface area contributed by atoms with E-state index in [0.717, 1.165) is 47.1 Å². The van der Waals surface area contributed by atoms with Crippen LogP contribution in [0, 0.1) is 0 Å². The molecule has 1 amide bonds. The van der Waals surface area contributed by atoms with Gasteiger partial charge in [0.25, 0.3) is 5.91 Å². The molecule has 2 aliphatic heterocycles. The Morgan fingerprint density at radius 2 is 1.83 bits per heavy atom. The highest BCUT2D eigenvalue weighted by Gasteiger charge is 2.29. The van der Waals surface area contributed by atoms with E-state index in [9.17, 15) is 4.79 Å². The van der Waals surface area contributed by atoms with Crippen LogP contribution in [-0.4, -0.2) is 54.3 Å². The molecule has 2 aromatic carbocycles. The Bertz CT molecular complexity index is 1040. The number of methoxy groups -OCH3 is 1. The van der Waals surface area contributed by atoms with Gasteiger partial charge in [0.2, 0.25) is 0 Å². The Hall–Kier alpha value is -2.93. The number of ether oxygens (including phenoxy) is 1. The van der Waals surface area contributed by atoms with E-state index in [4.69, 9.17) is 4.74 Å². The molecule has 1 aromatic heterocycles. The first kappa shape index (κ1) is 18.1. The largest absolute Gasteiger partial charge is 0.497 e. The van der Waals surface area contributed by atoms with Crippen molar-refractivity contribution in [1.29, 1.82) is 0 Å². The number of nitrogens with one attached hydrogen (secondary N) is 1. The zero-order valence-electron chi connectivity index (χ0n) is 16.2. The Morgan fingerprint density at radius 3 is 2.59 bits per heavy atom. The van der Waals surface area contributed by atoms with Gasteiger partial charge in [0.1, 0.15) is 11.4 Å². The molecule has 3 heterocycles.